The summed E-state index contributed by atoms with van der Waals surface area (Å²) in [6, 6.07) is 0.0208. The predicted molar refractivity (Wildman–Crippen MR) is 43.9 cm³/mol. The average molecular weight is 173 g/mol. The number of carboxylic acids is 1. The number of aliphatic carboxylic acids is 1. The highest BCUT2D eigenvalue weighted by Crippen LogP contribution is 2.22. The fourth-order valence-corrected chi connectivity index (χ4v) is 1.81. The minimum absolute atomic E-state index is 0.0208. The summed E-state index contributed by atoms with van der Waals surface area (Å²) >= 11 is 0. The maximum absolute atomic E-state index is 10.7. The molecular formula is C8H15NO3. The summed E-state index contributed by atoms with van der Waals surface area (Å²) in [7, 11) is 1.91. The molecule has 4 nitrogen and oxygen atoms in total. The molecule has 1 saturated heterocycles. The fourth-order valence-electron chi connectivity index (χ4n) is 1.81. The number of carbonyl (C=O) groups is 1. The van der Waals surface area contributed by atoms with Gasteiger partial charge in [-0.05, 0) is 26.4 Å². The molecule has 2 atom stereocenters. The lowest BCUT2D eigenvalue weighted by Crippen LogP contribution is -2.39. The van der Waals surface area contributed by atoms with Gasteiger partial charge in [0.25, 0.3) is 0 Å². The quantitative estimate of drug-likeness (QED) is 0.619. The second-order valence-corrected chi connectivity index (χ2v) is 3.32. The van der Waals surface area contributed by atoms with E-state index in [0.717, 1.165) is 19.4 Å². The Hall–Kier alpha value is -0.610. The molecule has 0 radical (unpaired) electrons. The monoisotopic (exact) mass is 173 g/mol. The number of aliphatic hydroxyl groups is 1. The molecule has 0 aliphatic carbocycles. The lowest BCUT2D eigenvalue weighted by Gasteiger charge is -2.24. The van der Waals surface area contributed by atoms with Crippen LogP contribution >= 0.6 is 0 Å². The largest absolute Gasteiger partial charge is 0.481 e. The van der Waals surface area contributed by atoms with Gasteiger partial charge in [0.15, 0.2) is 0 Å². The van der Waals surface area contributed by atoms with Crippen LogP contribution < -0.4 is 0 Å². The Labute approximate surface area is 71.8 Å². The van der Waals surface area contributed by atoms with Gasteiger partial charge in [-0.25, -0.2) is 0 Å². The van der Waals surface area contributed by atoms with Crippen LogP contribution in [0.2, 0.25) is 0 Å². The summed E-state index contributed by atoms with van der Waals surface area (Å²) in [5, 5.41) is 17.6. The Balaban J connectivity index is 2.58. The number of carboxylic acid groups (broad SMARTS) is 1. The summed E-state index contributed by atoms with van der Waals surface area (Å²) in [6.07, 6.45) is 1.92. The van der Waals surface area contributed by atoms with Gasteiger partial charge in [0.2, 0.25) is 0 Å². The van der Waals surface area contributed by atoms with Gasteiger partial charge in [-0.3, -0.25) is 4.79 Å². The standard InChI is InChI=1S/C8H15NO3/c1-9-4-2-3-7(9)6(5-10)8(11)12/h6-7,10H,2-5H2,1H3,(H,11,12). The van der Waals surface area contributed by atoms with Gasteiger partial charge in [0, 0.05) is 6.04 Å². The molecule has 1 aliphatic heterocycles. The van der Waals surface area contributed by atoms with Gasteiger partial charge in [-0.15, -0.1) is 0 Å². The molecule has 70 valence electrons. The zero-order chi connectivity index (χ0) is 9.14. The predicted octanol–water partition coefficient (Wildman–Crippen LogP) is -0.226. The van der Waals surface area contributed by atoms with Gasteiger partial charge in [0.1, 0.15) is 0 Å². The molecule has 0 aromatic carbocycles. The smallest absolute Gasteiger partial charge is 0.310 e. The molecule has 1 rings (SSSR count). The minimum Gasteiger partial charge on any atom is -0.481 e. The molecule has 0 aromatic rings. The van der Waals surface area contributed by atoms with Crippen LogP contribution in [0.3, 0.4) is 0 Å². The normalized spacial score (nSPS) is 27.3. The van der Waals surface area contributed by atoms with Gasteiger partial charge in [-0.2, -0.15) is 0 Å². The van der Waals surface area contributed by atoms with Gasteiger partial charge >= 0.3 is 5.97 Å². The van der Waals surface area contributed by atoms with Gasteiger partial charge in [0.05, 0.1) is 12.5 Å². The Morgan fingerprint density at radius 2 is 2.42 bits per heavy atom. The van der Waals surface area contributed by atoms with Gasteiger partial charge in [-0.1, -0.05) is 0 Å². The number of hydrogen-bond donors (Lipinski definition) is 2. The third-order valence-electron chi connectivity index (χ3n) is 2.56. The second-order valence-electron chi connectivity index (χ2n) is 3.32. The van der Waals surface area contributed by atoms with E-state index in [1.165, 1.54) is 0 Å². The number of aliphatic hydroxyl groups excluding tert-OH is 1. The molecule has 1 heterocycles. The first-order chi connectivity index (χ1) is 5.66. The van der Waals surface area contributed by atoms with Crippen molar-refractivity contribution in [2.45, 2.75) is 18.9 Å². The molecule has 0 bridgehead atoms. The first-order valence-electron chi connectivity index (χ1n) is 4.20. The molecule has 0 amide bonds. The van der Waals surface area contributed by atoms with E-state index in [4.69, 9.17) is 10.2 Å². The summed E-state index contributed by atoms with van der Waals surface area (Å²) < 4.78 is 0. The lowest BCUT2D eigenvalue weighted by molar-refractivity contribution is -0.145. The van der Waals surface area contributed by atoms with Crippen LogP contribution in [0.4, 0.5) is 0 Å². The molecular weight excluding hydrogens is 158 g/mol. The molecule has 2 N–H and O–H groups in total. The molecule has 1 fully saturated rings. The van der Waals surface area contributed by atoms with Gasteiger partial charge < -0.3 is 15.1 Å². The molecule has 4 heteroatoms. The van der Waals surface area contributed by atoms with E-state index < -0.39 is 11.9 Å². The Morgan fingerprint density at radius 1 is 1.75 bits per heavy atom. The van der Waals surface area contributed by atoms with Crippen molar-refractivity contribution in [3.8, 4) is 0 Å². The van der Waals surface area contributed by atoms with E-state index in [1.54, 1.807) is 0 Å². The highest BCUT2D eigenvalue weighted by molar-refractivity contribution is 5.71. The molecule has 0 aromatic heterocycles. The SMILES string of the molecule is CN1CCCC1C(CO)C(=O)O. The maximum Gasteiger partial charge on any atom is 0.310 e. The zero-order valence-corrected chi connectivity index (χ0v) is 7.23. The van der Waals surface area contributed by atoms with E-state index in [9.17, 15) is 4.79 Å². The zero-order valence-electron chi connectivity index (χ0n) is 7.23. The molecule has 12 heavy (non-hydrogen) atoms. The number of rotatable bonds is 3. The van der Waals surface area contributed by atoms with Crippen molar-refractivity contribution < 1.29 is 15.0 Å². The molecule has 0 spiro atoms. The van der Waals surface area contributed by atoms with Crippen molar-refractivity contribution in [2.75, 3.05) is 20.2 Å². The van der Waals surface area contributed by atoms with Crippen molar-refractivity contribution in [2.24, 2.45) is 5.92 Å². The van der Waals surface area contributed by atoms with Crippen molar-refractivity contribution in [1.29, 1.82) is 0 Å². The van der Waals surface area contributed by atoms with E-state index in [-0.39, 0.29) is 12.6 Å². The van der Waals surface area contributed by atoms with Crippen LogP contribution in [0.15, 0.2) is 0 Å². The van der Waals surface area contributed by atoms with Crippen LogP contribution in [-0.4, -0.2) is 47.3 Å². The summed E-state index contributed by atoms with van der Waals surface area (Å²) in [6.45, 7) is 0.679. The Kier molecular flexibility index (Phi) is 3.05. The fraction of sp³-hybridized carbons (Fsp3) is 0.875. The van der Waals surface area contributed by atoms with E-state index in [1.807, 2.05) is 11.9 Å². The van der Waals surface area contributed by atoms with E-state index in [0.29, 0.717) is 0 Å². The number of nitrogens with zero attached hydrogens (tertiary/aromatic N) is 1. The third-order valence-corrected chi connectivity index (χ3v) is 2.56. The summed E-state index contributed by atoms with van der Waals surface area (Å²) in [5.41, 5.74) is 0. The number of likely N-dealkylation sites (tertiary alicyclic amines) is 1. The van der Waals surface area contributed by atoms with Crippen molar-refractivity contribution in [3.05, 3.63) is 0 Å². The van der Waals surface area contributed by atoms with Crippen LogP contribution in [0.1, 0.15) is 12.8 Å². The van der Waals surface area contributed by atoms with E-state index >= 15 is 0 Å². The maximum atomic E-state index is 10.7. The first kappa shape index (κ1) is 9.48. The van der Waals surface area contributed by atoms with Crippen molar-refractivity contribution in [1.82, 2.24) is 4.90 Å². The second kappa shape index (κ2) is 3.87. The van der Waals surface area contributed by atoms with Crippen molar-refractivity contribution in [3.63, 3.8) is 0 Å². The first-order valence-corrected chi connectivity index (χ1v) is 4.20. The lowest BCUT2D eigenvalue weighted by atomic mass is 9.99. The minimum atomic E-state index is -0.892. The van der Waals surface area contributed by atoms with Crippen LogP contribution in [0.25, 0.3) is 0 Å². The van der Waals surface area contributed by atoms with Crippen LogP contribution in [0, 0.1) is 5.92 Å². The highest BCUT2D eigenvalue weighted by atomic mass is 16.4. The number of hydrogen-bond acceptors (Lipinski definition) is 3. The summed E-state index contributed by atoms with van der Waals surface area (Å²) in [5.74, 6) is -1.51. The average Bonchev–Trinajstić information content (AvgIpc) is 2.38. The van der Waals surface area contributed by atoms with Crippen LogP contribution in [0.5, 0.6) is 0 Å². The molecule has 0 saturated carbocycles. The topological polar surface area (TPSA) is 60.8 Å². The molecule has 2 unspecified atom stereocenters. The van der Waals surface area contributed by atoms with Crippen molar-refractivity contribution >= 4 is 5.97 Å². The Morgan fingerprint density at radius 3 is 2.75 bits per heavy atom. The van der Waals surface area contributed by atoms with E-state index in [2.05, 4.69) is 0 Å². The molecule has 1 aliphatic rings. The summed E-state index contributed by atoms with van der Waals surface area (Å²) in [4.78, 5) is 12.7. The third kappa shape index (κ3) is 1.76. The van der Waals surface area contributed by atoms with Crippen LogP contribution in [-0.2, 0) is 4.79 Å². The Bertz CT molecular complexity index is 172. The highest BCUT2D eigenvalue weighted by Gasteiger charge is 2.33.